The molecule has 0 radical (unpaired) electrons. The molecular weight excluding hydrogens is 865 g/mol. The lowest BCUT2D eigenvalue weighted by Gasteiger charge is -2.24. The lowest BCUT2D eigenvalue weighted by atomic mass is 10.0. The van der Waals surface area contributed by atoms with E-state index in [1.807, 2.05) is 0 Å². The normalized spacial score (nSPS) is 26.2. The molecule has 0 saturated carbocycles. The average molecular weight is 939 g/mol. The molecule has 4 aliphatic rings. The smallest absolute Gasteiger partial charge is 0.323 e. The number of ether oxygens (including phenoxy) is 7. The van der Waals surface area contributed by atoms with Gasteiger partial charge in [-0.05, 0) is 6.42 Å². The van der Waals surface area contributed by atoms with Crippen molar-refractivity contribution in [3.8, 4) is 0 Å². The van der Waals surface area contributed by atoms with Crippen LogP contribution in [0, 0.1) is 0 Å². The minimum absolute atomic E-state index is 0.00895. The average Bonchev–Trinajstić information content (AvgIpc) is 4.12. The van der Waals surface area contributed by atoms with Gasteiger partial charge >= 0.3 is 29.8 Å². The molecule has 0 aliphatic carbocycles. The van der Waals surface area contributed by atoms with Crippen molar-refractivity contribution in [3.63, 3.8) is 0 Å². The van der Waals surface area contributed by atoms with E-state index in [9.17, 15) is 41.5 Å². The van der Waals surface area contributed by atoms with Gasteiger partial charge in [0, 0.05) is 58.3 Å². The minimum atomic E-state index is -1.25. The summed E-state index contributed by atoms with van der Waals surface area (Å²) in [4.78, 5) is 64.2. The zero-order chi connectivity index (χ0) is 46.8. The van der Waals surface area contributed by atoms with E-state index in [1.165, 1.54) is 51.4 Å². The molecule has 10 atom stereocenters. The van der Waals surface area contributed by atoms with E-state index in [2.05, 4.69) is 28.2 Å². The standard InChI is InChI=1S/C45H74F4N4O12/c1-2-3-4-5-6-7-8-9-10-11-12-13-14-15-41(54)63-34(24-59-26-35(64-44(57)39-18-32(48)22-52-39)28-61-42(55)37-16-30(46)20-50-37)25-60-27-36(65-45(58)40-19-33(49)23-53-40)29-62-43(56)38-17-31(47)21-51-38/h30-40,50-53H,2-29H2,1H3/t30-,31-,32-,33-,35-,36-,37-,38-,39-,40-/m0/s1. The molecule has 4 heterocycles. The van der Waals surface area contributed by atoms with Gasteiger partial charge in [-0.2, -0.15) is 0 Å². The second-order valence-electron chi connectivity index (χ2n) is 17.7. The van der Waals surface area contributed by atoms with Gasteiger partial charge in [0.05, 0.1) is 26.4 Å². The van der Waals surface area contributed by atoms with Crippen molar-refractivity contribution in [1.82, 2.24) is 21.3 Å². The van der Waals surface area contributed by atoms with Crippen LogP contribution in [0.5, 0.6) is 0 Å². The van der Waals surface area contributed by atoms with E-state index in [4.69, 9.17) is 33.2 Å². The summed E-state index contributed by atoms with van der Waals surface area (Å²) in [6, 6.07) is -3.63. The number of rotatable bonds is 33. The lowest BCUT2D eigenvalue weighted by Crippen LogP contribution is -2.41. The van der Waals surface area contributed by atoms with Crippen molar-refractivity contribution >= 4 is 29.8 Å². The van der Waals surface area contributed by atoms with Crippen LogP contribution in [-0.4, -0.2) is 163 Å². The number of hydrogen-bond acceptors (Lipinski definition) is 16. The van der Waals surface area contributed by atoms with Crippen LogP contribution in [0.4, 0.5) is 17.6 Å². The van der Waals surface area contributed by atoms with Gasteiger partial charge in [-0.15, -0.1) is 0 Å². The molecule has 4 rings (SSSR count). The highest BCUT2D eigenvalue weighted by Crippen LogP contribution is 2.18. The van der Waals surface area contributed by atoms with Gasteiger partial charge in [-0.25, -0.2) is 17.6 Å². The van der Waals surface area contributed by atoms with E-state index >= 15 is 0 Å². The van der Waals surface area contributed by atoms with E-state index in [0.717, 1.165) is 25.7 Å². The Balaban J connectivity index is 1.31. The molecule has 0 bridgehead atoms. The Bertz CT molecular complexity index is 1350. The van der Waals surface area contributed by atoms with E-state index < -0.39 is 110 Å². The van der Waals surface area contributed by atoms with Crippen LogP contribution < -0.4 is 21.3 Å². The number of hydrogen-bond donors (Lipinski definition) is 4. The van der Waals surface area contributed by atoms with Crippen molar-refractivity contribution < 1.29 is 74.7 Å². The molecule has 16 nitrogen and oxygen atoms in total. The lowest BCUT2D eigenvalue weighted by molar-refractivity contribution is -0.171. The highest BCUT2D eigenvalue weighted by Gasteiger charge is 2.36. The maximum Gasteiger partial charge on any atom is 0.323 e. The number of alkyl halides is 4. The van der Waals surface area contributed by atoms with Crippen LogP contribution in [0.2, 0.25) is 0 Å². The first-order valence-corrected chi connectivity index (χ1v) is 24.0. The number of carbonyl (C=O) groups excluding carboxylic acids is 5. The summed E-state index contributed by atoms with van der Waals surface area (Å²) in [5.74, 6) is -3.59. The molecule has 0 spiro atoms. The fraction of sp³-hybridized carbons (Fsp3) is 0.889. The quantitative estimate of drug-likeness (QED) is 0.0317. The Hall–Kier alpha value is -3.17. The van der Waals surface area contributed by atoms with E-state index in [-0.39, 0.29) is 84.7 Å². The van der Waals surface area contributed by atoms with Crippen molar-refractivity contribution in [2.75, 3.05) is 65.8 Å². The molecule has 4 fully saturated rings. The molecule has 0 aromatic rings. The monoisotopic (exact) mass is 939 g/mol. The van der Waals surface area contributed by atoms with Gasteiger partial charge in [0.15, 0.2) is 12.2 Å². The first kappa shape index (κ1) is 54.4. The zero-order valence-electron chi connectivity index (χ0n) is 38.1. The molecule has 20 heteroatoms. The van der Waals surface area contributed by atoms with Gasteiger partial charge < -0.3 is 54.4 Å². The van der Waals surface area contributed by atoms with Gasteiger partial charge in [-0.1, -0.05) is 84.0 Å². The van der Waals surface area contributed by atoms with Crippen LogP contribution in [0.1, 0.15) is 122 Å². The molecule has 0 aromatic carbocycles. The number of nitrogens with one attached hydrogen (secondary N) is 4. The SMILES string of the molecule is CCCCCCCCCCCCCCCC(=O)OC(COC[C@@H](COC(=O)[C@@H]1C[C@H](F)CN1)OC(=O)[C@@H]1C[C@H](F)CN1)COC[C@@H](COC(=O)[C@@H]1C[C@H](F)CN1)OC(=O)[C@@H]1C[C@H](F)CN1. The largest absolute Gasteiger partial charge is 0.460 e. The molecule has 0 aromatic heterocycles. The van der Waals surface area contributed by atoms with Gasteiger partial charge in [0.2, 0.25) is 0 Å². The summed E-state index contributed by atoms with van der Waals surface area (Å²) in [6.45, 7) is -0.0813. The minimum Gasteiger partial charge on any atom is -0.460 e. The Morgan fingerprint density at radius 3 is 1.06 bits per heavy atom. The van der Waals surface area contributed by atoms with Crippen LogP contribution in [0.3, 0.4) is 0 Å². The summed E-state index contributed by atoms with van der Waals surface area (Å²) in [5, 5.41) is 10.9. The summed E-state index contributed by atoms with van der Waals surface area (Å²) < 4.78 is 94.5. The molecule has 0 unspecified atom stereocenters. The summed E-state index contributed by atoms with van der Waals surface area (Å²) in [5.41, 5.74) is 0. The fourth-order valence-electron chi connectivity index (χ4n) is 8.07. The molecule has 65 heavy (non-hydrogen) atoms. The number of halogens is 4. The summed E-state index contributed by atoms with van der Waals surface area (Å²) >= 11 is 0. The molecule has 4 N–H and O–H groups in total. The third kappa shape index (κ3) is 22.0. The zero-order valence-corrected chi connectivity index (χ0v) is 38.1. The van der Waals surface area contributed by atoms with Crippen molar-refractivity contribution in [2.24, 2.45) is 0 Å². The second-order valence-corrected chi connectivity index (χ2v) is 17.7. The van der Waals surface area contributed by atoms with Crippen molar-refractivity contribution in [3.05, 3.63) is 0 Å². The topological polar surface area (TPSA) is 198 Å². The second kappa shape index (κ2) is 31.0. The maximum atomic E-state index is 13.9. The summed E-state index contributed by atoms with van der Waals surface area (Å²) in [6.07, 6.45) is 6.19. The first-order chi connectivity index (χ1) is 31.4. The van der Waals surface area contributed by atoms with Crippen LogP contribution in [0.25, 0.3) is 0 Å². The van der Waals surface area contributed by atoms with Crippen molar-refractivity contribution in [1.29, 1.82) is 0 Å². The summed E-state index contributed by atoms with van der Waals surface area (Å²) in [7, 11) is 0. The highest BCUT2D eigenvalue weighted by atomic mass is 19.1. The number of carbonyl (C=O) groups is 5. The maximum absolute atomic E-state index is 13.9. The molecular formula is C45H74F4N4O12. The van der Waals surface area contributed by atoms with Gasteiger partial charge in [-0.3, -0.25) is 24.0 Å². The van der Waals surface area contributed by atoms with Gasteiger partial charge in [0.25, 0.3) is 0 Å². The first-order valence-electron chi connectivity index (χ1n) is 24.0. The molecule has 4 saturated heterocycles. The Morgan fingerprint density at radius 2 is 0.738 bits per heavy atom. The van der Waals surface area contributed by atoms with Gasteiger partial charge in [0.1, 0.15) is 68.2 Å². The van der Waals surface area contributed by atoms with Crippen LogP contribution in [-0.2, 0) is 57.1 Å². The van der Waals surface area contributed by atoms with Crippen molar-refractivity contribution in [2.45, 2.75) is 190 Å². The predicted octanol–water partition coefficient (Wildman–Crippen LogP) is 4.12. The fourth-order valence-corrected chi connectivity index (χ4v) is 8.07. The van der Waals surface area contributed by atoms with E-state index in [0.29, 0.717) is 6.42 Å². The molecule has 374 valence electrons. The Morgan fingerprint density at radius 1 is 0.431 bits per heavy atom. The third-order valence-electron chi connectivity index (χ3n) is 11.8. The number of esters is 5. The number of unbranched alkanes of at least 4 members (excludes halogenated alkanes) is 12. The Kier molecular flexibility index (Phi) is 25.9. The third-order valence-corrected chi connectivity index (χ3v) is 11.8. The Labute approximate surface area is 380 Å². The van der Waals surface area contributed by atoms with Crippen LogP contribution >= 0.6 is 0 Å². The van der Waals surface area contributed by atoms with E-state index in [1.54, 1.807) is 0 Å². The molecule has 4 aliphatic heterocycles. The highest BCUT2D eigenvalue weighted by molar-refractivity contribution is 5.78. The van der Waals surface area contributed by atoms with Crippen LogP contribution in [0.15, 0.2) is 0 Å². The predicted molar refractivity (Wildman–Crippen MR) is 229 cm³/mol. The molecule has 0 amide bonds.